The predicted octanol–water partition coefficient (Wildman–Crippen LogP) is 4.58. The number of nitrogens with zero attached hydrogens (tertiary/aromatic N) is 2. The Balaban J connectivity index is 2.83. The Morgan fingerprint density at radius 2 is 1.43 bits per heavy atom. The first-order chi connectivity index (χ1) is 10.4. The summed E-state index contributed by atoms with van der Waals surface area (Å²) in [5.74, 6) is 0. The van der Waals surface area contributed by atoms with Crippen molar-refractivity contribution in [3.63, 3.8) is 0 Å². The molecule has 0 aliphatic heterocycles. The van der Waals surface area contributed by atoms with E-state index in [1.165, 1.54) is 0 Å². The Hall–Kier alpha value is -0.780. The summed E-state index contributed by atoms with van der Waals surface area (Å²) in [5.41, 5.74) is 3.40. The Bertz CT molecular complexity index is 773. The minimum atomic E-state index is -2.65. The van der Waals surface area contributed by atoms with E-state index in [9.17, 15) is 4.57 Å². The normalized spacial score (nSPS) is 17.0. The smallest absolute Gasteiger partial charge is 0.137 e. The molecule has 0 aliphatic carbocycles. The van der Waals surface area contributed by atoms with Gasteiger partial charge in [-0.3, -0.25) is 0 Å². The van der Waals surface area contributed by atoms with Crippen LogP contribution in [0, 0.1) is 0 Å². The summed E-state index contributed by atoms with van der Waals surface area (Å²) in [6.45, 7) is 16.8. The maximum Gasteiger partial charge on any atom is 0.137 e. The second kappa shape index (κ2) is 5.94. The van der Waals surface area contributed by atoms with Gasteiger partial charge in [0, 0.05) is 5.16 Å². The largest absolute Gasteiger partial charge is 0.317 e. The van der Waals surface area contributed by atoms with Crippen LogP contribution in [0.3, 0.4) is 0 Å². The molecule has 23 heavy (non-hydrogen) atoms. The van der Waals surface area contributed by atoms with Crippen molar-refractivity contribution >= 4 is 37.0 Å². The highest BCUT2D eigenvalue weighted by Gasteiger charge is 2.39. The molecule has 0 bridgehead atoms. The van der Waals surface area contributed by atoms with Crippen LogP contribution >= 0.6 is 15.1 Å². The fraction of sp³-hybridized carbons (Fsp3) is 0.556. The molecule has 1 aromatic carbocycles. The van der Waals surface area contributed by atoms with Crippen LogP contribution in [0.2, 0.25) is 0 Å². The molecule has 0 fully saturated rings. The van der Waals surface area contributed by atoms with Crippen molar-refractivity contribution in [1.29, 1.82) is 0 Å². The number of aromatic nitrogens is 2. The molecule has 0 amide bonds. The number of hydrogen-bond donors (Lipinski definition) is 0. The molecule has 0 N–H and O–H groups in total. The Morgan fingerprint density at radius 3 is 1.87 bits per heavy atom. The highest BCUT2D eigenvalue weighted by Crippen LogP contribution is 2.55. The summed E-state index contributed by atoms with van der Waals surface area (Å²) in [6, 6.07) is 7.87. The van der Waals surface area contributed by atoms with Crippen molar-refractivity contribution in [2.24, 2.45) is 0 Å². The molecular formula is C18H28N2OP2. The zero-order valence-electron chi connectivity index (χ0n) is 15.5. The lowest BCUT2D eigenvalue weighted by Gasteiger charge is -2.33. The van der Waals surface area contributed by atoms with Gasteiger partial charge >= 0.3 is 0 Å². The monoisotopic (exact) mass is 350 g/mol. The molecular weight excluding hydrogens is 322 g/mol. The third-order valence-electron chi connectivity index (χ3n) is 4.54. The van der Waals surface area contributed by atoms with E-state index in [-0.39, 0.29) is 10.3 Å². The first kappa shape index (κ1) is 18.6. The zero-order chi connectivity index (χ0) is 17.6. The number of para-hydroxylation sites is 2. The Morgan fingerprint density at radius 1 is 0.957 bits per heavy atom. The maximum atomic E-state index is 13.6. The van der Waals surface area contributed by atoms with E-state index in [0.717, 1.165) is 21.9 Å². The van der Waals surface area contributed by atoms with Gasteiger partial charge in [-0.2, -0.15) is 0 Å². The molecule has 1 aromatic heterocycles. The fourth-order valence-electron chi connectivity index (χ4n) is 2.13. The number of benzene rings is 1. The van der Waals surface area contributed by atoms with E-state index in [1.54, 1.807) is 0 Å². The lowest BCUT2D eigenvalue weighted by Crippen LogP contribution is -2.38. The predicted molar refractivity (Wildman–Crippen MR) is 105 cm³/mol. The molecule has 2 atom stereocenters. The van der Waals surface area contributed by atoms with Gasteiger partial charge in [-0.1, -0.05) is 61.6 Å². The molecule has 0 radical (unpaired) electrons. The van der Waals surface area contributed by atoms with Crippen LogP contribution in [-0.2, 0) is 4.57 Å². The minimum Gasteiger partial charge on any atom is -0.317 e. The molecule has 2 aromatic rings. The van der Waals surface area contributed by atoms with Crippen LogP contribution in [-0.4, -0.2) is 33.6 Å². The third kappa shape index (κ3) is 3.52. The van der Waals surface area contributed by atoms with E-state index < -0.39 is 15.1 Å². The minimum absolute atomic E-state index is 0.0963. The van der Waals surface area contributed by atoms with Crippen molar-refractivity contribution in [2.75, 3.05) is 13.3 Å². The van der Waals surface area contributed by atoms with Gasteiger partial charge in [-0.15, -0.1) is 0 Å². The lowest BCUT2D eigenvalue weighted by atomic mass is 10.3. The second-order valence-electron chi connectivity index (χ2n) is 8.18. The van der Waals surface area contributed by atoms with Gasteiger partial charge in [0.25, 0.3) is 0 Å². The van der Waals surface area contributed by atoms with Crippen LogP contribution in [0.25, 0.3) is 11.0 Å². The summed E-state index contributed by atoms with van der Waals surface area (Å²) in [5, 5.41) is -0.230. The number of fused-ring (bicyclic) bond motifs is 1. The molecule has 0 unspecified atom stereocenters. The lowest BCUT2D eigenvalue weighted by molar-refractivity contribution is 0.560. The van der Waals surface area contributed by atoms with E-state index in [4.69, 9.17) is 9.97 Å². The molecule has 3 nitrogen and oxygen atoms in total. The second-order valence-corrected chi connectivity index (χ2v) is 14.7. The highest BCUT2D eigenvalue weighted by molar-refractivity contribution is 7.75. The molecule has 1 heterocycles. The first-order valence-corrected chi connectivity index (χ1v) is 11.9. The average Bonchev–Trinajstić information content (AvgIpc) is 2.42. The van der Waals surface area contributed by atoms with E-state index in [0.29, 0.717) is 0 Å². The van der Waals surface area contributed by atoms with Gasteiger partial charge in [-0.05, 0) is 30.6 Å². The molecule has 5 heteroatoms. The number of rotatable bonds is 2. The Kier molecular flexibility index (Phi) is 4.79. The fourth-order valence-corrected chi connectivity index (χ4v) is 5.76. The first-order valence-electron chi connectivity index (χ1n) is 7.94. The van der Waals surface area contributed by atoms with Crippen LogP contribution in [0.4, 0.5) is 0 Å². The van der Waals surface area contributed by atoms with Crippen LogP contribution in [0.1, 0.15) is 41.5 Å². The van der Waals surface area contributed by atoms with E-state index >= 15 is 0 Å². The standard InChI is InChI=1S/C18H28N2OP2/c1-17(2,3)22(7)15-16(23(8,21)18(4,5)6)20-14-12-10-9-11-13(14)19-15/h9-12H,1-8H3/t22-,23-/m0/s1. The van der Waals surface area contributed by atoms with E-state index in [2.05, 4.69) is 27.4 Å². The summed E-state index contributed by atoms with van der Waals surface area (Å²) in [7, 11) is -3.22. The van der Waals surface area contributed by atoms with Crippen LogP contribution < -0.4 is 10.9 Å². The van der Waals surface area contributed by atoms with Crippen molar-refractivity contribution in [1.82, 2.24) is 9.97 Å². The summed E-state index contributed by atoms with van der Waals surface area (Å²) in [4.78, 5) is 9.75. The van der Waals surface area contributed by atoms with Crippen LogP contribution in [0.5, 0.6) is 0 Å². The van der Waals surface area contributed by atoms with Gasteiger partial charge in [0.2, 0.25) is 0 Å². The number of hydrogen-bond acceptors (Lipinski definition) is 3. The molecule has 2 rings (SSSR count). The van der Waals surface area contributed by atoms with E-state index in [1.807, 2.05) is 51.7 Å². The van der Waals surface area contributed by atoms with Gasteiger partial charge in [0.05, 0.1) is 16.5 Å². The van der Waals surface area contributed by atoms with Crippen molar-refractivity contribution in [3.8, 4) is 0 Å². The average molecular weight is 350 g/mol. The van der Waals surface area contributed by atoms with Gasteiger partial charge in [-0.25, -0.2) is 9.97 Å². The summed E-state index contributed by atoms with van der Waals surface area (Å²) in [6.07, 6.45) is 0. The molecule has 0 saturated carbocycles. The molecule has 0 aliphatic rings. The Labute approximate surface area is 141 Å². The quantitative estimate of drug-likeness (QED) is 0.745. The van der Waals surface area contributed by atoms with Crippen molar-refractivity contribution in [2.45, 2.75) is 51.9 Å². The molecule has 0 saturated heterocycles. The summed E-state index contributed by atoms with van der Waals surface area (Å²) >= 11 is 0. The molecule has 126 valence electrons. The zero-order valence-corrected chi connectivity index (χ0v) is 17.3. The third-order valence-corrected chi connectivity index (χ3v) is 11.4. The summed E-state index contributed by atoms with van der Waals surface area (Å²) < 4.78 is 13.6. The SMILES string of the molecule is C[P@@](c1nc2ccccc2nc1[P@](C)(=O)C(C)(C)C)C(C)(C)C. The van der Waals surface area contributed by atoms with Crippen molar-refractivity contribution in [3.05, 3.63) is 24.3 Å². The maximum absolute atomic E-state index is 13.6. The van der Waals surface area contributed by atoms with Gasteiger partial charge in [0.15, 0.2) is 0 Å². The highest BCUT2D eigenvalue weighted by atomic mass is 31.2. The van der Waals surface area contributed by atoms with Crippen LogP contribution in [0.15, 0.2) is 24.3 Å². The molecule has 0 spiro atoms. The van der Waals surface area contributed by atoms with Gasteiger partial charge < -0.3 is 4.57 Å². The van der Waals surface area contributed by atoms with Crippen molar-refractivity contribution < 1.29 is 4.57 Å². The topological polar surface area (TPSA) is 42.9 Å². The van der Waals surface area contributed by atoms with Gasteiger partial charge in [0.1, 0.15) is 12.6 Å².